The molecule has 3 aromatic rings. The number of carbonyl (C=O) groups is 2. The van der Waals surface area contributed by atoms with E-state index in [4.69, 9.17) is 9.15 Å². The van der Waals surface area contributed by atoms with Crippen molar-refractivity contribution in [3.8, 4) is 17.2 Å². The number of para-hydroxylation sites is 1. The second-order valence-electron chi connectivity index (χ2n) is 5.01. The molecule has 0 amide bonds. The first kappa shape index (κ1) is 15.4. The molecule has 0 aliphatic carbocycles. The number of esters is 1. The third-order valence-corrected chi connectivity index (χ3v) is 3.34. The van der Waals surface area contributed by atoms with Crippen LogP contribution in [-0.2, 0) is 4.74 Å². The standard InChI is InChI=1S/C17H12O7/c18-11-5-10(6-12(19)16(11)21)17(22)23-8-13(20)15-7-9-3-1-2-4-14(9)24-15/h1-7,18-19,21H,8H2. The predicted octanol–water partition coefficient (Wildman–Crippen LogP) is 2.59. The summed E-state index contributed by atoms with van der Waals surface area (Å²) >= 11 is 0. The van der Waals surface area contributed by atoms with Crippen LogP contribution >= 0.6 is 0 Å². The lowest BCUT2D eigenvalue weighted by Gasteiger charge is -2.06. The van der Waals surface area contributed by atoms with Crippen LogP contribution in [0.25, 0.3) is 11.0 Å². The van der Waals surface area contributed by atoms with Gasteiger partial charge in [0.1, 0.15) is 5.58 Å². The van der Waals surface area contributed by atoms with E-state index in [9.17, 15) is 24.9 Å². The first-order chi connectivity index (χ1) is 11.5. The molecular weight excluding hydrogens is 316 g/mol. The molecule has 0 atom stereocenters. The molecule has 0 bridgehead atoms. The number of phenolic OH excluding ortho intramolecular Hbond substituents is 3. The lowest BCUT2D eigenvalue weighted by atomic mass is 10.2. The van der Waals surface area contributed by atoms with Gasteiger partial charge in [-0.05, 0) is 24.3 Å². The zero-order chi connectivity index (χ0) is 17.3. The highest BCUT2D eigenvalue weighted by Gasteiger charge is 2.18. The minimum atomic E-state index is -0.940. The Bertz CT molecular complexity index is 883. The van der Waals surface area contributed by atoms with Gasteiger partial charge in [-0.15, -0.1) is 0 Å². The third-order valence-electron chi connectivity index (χ3n) is 3.34. The van der Waals surface area contributed by atoms with E-state index in [1.807, 2.05) is 0 Å². The number of hydrogen-bond acceptors (Lipinski definition) is 7. The van der Waals surface area contributed by atoms with E-state index in [0.29, 0.717) is 5.58 Å². The zero-order valence-electron chi connectivity index (χ0n) is 12.2. The molecule has 3 rings (SSSR count). The highest BCUT2D eigenvalue weighted by atomic mass is 16.5. The molecule has 0 spiro atoms. The number of carbonyl (C=O) groups excluding carboxylic acids is 2. The molecule has 122 valence electrons. The van der Waals surface area contributed by atoms with Crippen molar-refractivity contribution in [1.29, 1.82) is 0 Å². The molecular formula is C17H12O7. The van der Waals surface area contributed by atoms with Gasteiger partial charge in [0.05, 0.1) is 5.56 Å². The maximum atomic E-state index is 12.0. The zero-order valence-corrected chi connectivity index (χ0v) is 12.2. The Kier molecular flexibility index (Phi) is 3.83. The average Bonchev–Trinajstić information content (AvgIpc) is 3.01. The van der Waals surface area contributed by atoms with Crippen LogP contribution in [0.2, 0.25) is 0 Å². The number of fused-ring (bicyclic) bond motifs is 1. The predicted molar refractivity (Wildman–Crippen MR) is 82.3 cm³/mol. The molecule has 0 saturated heterocycles. The van der Waals surface area contributed by atoms with Gasteiger partial charge in [0.2, 0.25) is 5.78 Å². The molecule has 1 aromatic heterocycles. The summed E-state index contributed by atoms with van der Waals surface area (Å²) in [4.78, 5) is 23.9. The minimum Gasteiger partial charge on any atom is -0.504 e. The van der Waals surface area contributed by atoms with Crippen LogP contribution in [0.15, 0.2) is 46.9 Å². The van der Waals surface area contributed by atoms with Crippen molar-refractivity contribution in [3.05, 3.63) is 53.8 Å². The van der Waals surface area contributed by atoms with Crippen LogP contribution < -0.4 is 0 Å². The number of phenols is 3. The number of aromatic hydroxyl groups is 3. The fraction of sp³-hybridized carbons (Fsp3) is 0.0588. The smallest absolute Gasteiger partial charge is 0.338 e. The van der Waals surface area contributed by atoms with Gasteiger partial charge < -0.3 is 24.5 Å². The third kappa shape index (κ3) is 2.87. The summed E-state index contributed by atoms with van der Waals surface area (Å²) in [5, 5.41) is 28.7. The van der Waals surface area contributed by atoms with Crippen molar-refractivity contribution in [1.82, 2.24) is 0 Å². The molecule has 2 aromatic carbocycles. The average molecular weight is 328 g/mol. The van der Waals surface area contributed by atoms with Crippen LogP contribution in [0.5, 0.6) is 17.2 Å². The van der Waals surface area contributed by atoms with Gasteiger partial charge in [-0.1, -0.05) is 18.2 Å². The summed E-state index contributed by atoms with van der Waals surface area (Å²) in [7, 11) is 0. The molecule has 1 heterocycles. The van der Waals surface area contributed by atoms with Crippen LogP contribution in [-0.4, -0.2) is 33.7 Å². The monoisotopic (exact) mass is 328 g/mol. The number of rotatable bonds is 4. The summed E-state index contributed by atoms with van der Waals surface area (Å²) in [6.45, 7) is -0.568. The molecule has 0 radical (unpaired) electrons. The minimum absolute atomic E-state index is 0.0559. The summed E-state index contributed by atoms with van der Waals surface area (Å²) in [5.74, 6) is -3.52. The fourth-order valence-corrected chi connectivity index (χ4v) is 2.13. The molecule has 0 fully saturated rings. The number of ketones is 1. The Balaban J connectivity index is 1.70. The highest BCUT2D eigenvalue weighted by Crippen LogP contribution is 2.35. The van der Waals surface area contributed by atoms with Crippen molar-refractivity contribution >= 4 is 22.7 Å². The quantitative estimate of drug-likeness (QED) is 0.383. The molecule has 24 heavy (non-hydrogen) atoms. The Labute approximate surface area is 135 Å². The molecule has 3 N–H and O–H groups in total. The molecule has 0 saturated carbocycles. The van der Waals surface area contributed by atoms with Crippen molar-refractivity contribution < 1.29 is 34.1 Å². The van der Waals surface area contributed by atoms with E-state index in [2.05, 4.69) is 0 Å². The van der Waals surface area contributed by atoms with Gasteiger partial charge in [-0.3, -0.25) is 4.79 Å². The van der Waals surface area contributed by atoms with Crippen molar-refractivity contribution in [3.63, 3.8) is 0 Å². The second-order valence-corrected chi connectivity index (χ2v) is 5.01. The van der Waals surface area contributed by atoms with Gasteiger partial charge in [-0.25, -0.2) is 4.79 Å². The van der Waals surface area contributed by atoms with Gasteiger partial charge in [-0.2, -0.15) is 0 Å². The normalized spacial score (nSPS) is 10.7. The van der Waals surface area contributed by atoms with Crippen LogP contribution in [0, 0.1) is 0 Å². The summed E-state index contributed by atoms with van der Waals surface area (Å²) in [6, 6.07) is 10.4. The van der Waals surface area contributed by atoms with Gasteiger partial charge in [0.25, 0.3) is 0 Å². The van der Waals surface area contributed by atoms with Crippen LogP contribution in [0.3, 0.4) is 0 Å². The van der Waals surface area contributed by atoms with Gasteiger partial charge >= 0.3 is 5.97 Å². The number of Topliss-reactive ketones (excluding diaryl/α,β-unsaturated/α-hetero) is 1. The molecule has 0 unspecified atom stereocenters. The Morgan fingerprint density at radius 3 is 2.33 bits per heavy atom. The molecule has 0 aliphatic heterocycles. The topological polar surface area (TPSA) is 117 Å². The first-order valence-corrected chi connectivity index (χ1v) is 6.89. The number of benzene rings is 2. The molecule has 7 nitrogen and oxygen atoms in total. The Hall–Kier alpha value is -3.48. The summed E-state index contributed by atoms with van der Waals surface area (Å²) < 4.78 is 10.2. The SMILES string of the molecule is O=C(OCC(=O)c1cc2ccccc2o1)c1cc(O)c(O)c(O)c1. The van der Waals surface area contributed by atoms with E-state index in [1.165, 1.54) is 0 Å². The molecule has 0 aliphatic rings. The number of ether oxygens (including phenoxy) is 1. The fourth-order valence-electron chi connectivity index (χ4n) is 2.13. The first-order valence-electron chi connectivity index (χ1n) is 6.89. The van der Waals surface area contributed by atoms with E-state index in [0.717, 1.165) is 17.5 Å². The number of furan rings is 1. The molecule has 7 heteroatoms. The largest absolute Gasteiger partial charge is 0.504 e. The summed E-state index contributed by atoms with van der Waals surface area (Å²) in [5.41, 5.74) is 0.334. The Morgan fingerprint density at radius 1 is 1.00 bits per heavy atom. The van der Waals surface area contributed by atoms with Crippen molar-refractivity contribution in [2.45, 2.75) is 0 Å². The lowest BCUT2D eigenvalue weighted by Crippen LogP contribution is -2.13. The maximum Gasteiger partial charge on any atom is 0.338 e. The maximum absolute atomic E-state index is 12.0. The van der Waals surface area contributed by atoms with Crippen LogP contribution in [0.4, 0.5) is 0 Å². The van der Waals surface area contributed by atoms with Gasteiger partial charge in [0, 0.05) is 5.39 Å². The lowest BCUT2D eigenvalue weighted by molar-refractivity contribution is 0.0467. The Morgan fingerprint density at radius 2 is 1.67 bits per heavy atom. The number of hydrogen-bond donors (Lipinski definition) is 3. The van der Waals surface area contributed by atoms with E-state index < -0.39 is 35.6 Å². The van der Waals surface area contributed by atoms with E-state index in [-0.39, 0.29) is 11.3 Å². The van der Waals surface area contributed by atoms with E-state index in [1.54, 1.807) is 30.3 Å². The second kappa shape index (κ2) is 5.96. The van der Waals surface area contributed by atoms with Crippen LogP contribution in [0.1, 0.15) is 20.9 Å². The van der Waals surface area contributed by atoms with Gasteiger partial charge in [0.15, 0.2) is 29.6 Å². The van der Waals surface area contributed by atoms with Crippen molar-refractivity contribution in [2.24, 2.45) is 0 Å². The highest BCUT2D eigenvalue weighted by molar-refractivity contribution is 6.00. The van der Waals surface area contributed by atoms with E-state index >= 15 is 0 Å². The summed E-state index contributed by atoms with van der Waals surface area (Å²) in [6.07, 6.45) is 0. The van der Waals surface area contributed by atoms with Crippen molar-refractivity contribution in [2.75, 3.05) is 6.61 Å².